The molecule has 0 bridgehead atoms. The Bertz CT molecular complexity index is 1010. The average molecular weight is 387 g/mol. The molecule has 0 aromatic heterocycles. The first-order valence-corrected chi connectivity index (χ1v) is 9.94. The van der Waals surface area contributed by atoms with Crippen LogP contribution in [0, 0.1) is 0 Å². The van der Waals surface area contributed by atoms with E-state index in [9.17, 15) is 9.90 Å². The van der Waals surface area contributed by atoms with Crippen LogP contribution in [0.25, 0.3) is 11.1 Å². The van der Waals surface area contributed by atoms with Crippen molar-refractivity contribution in [3.63, 3.8) is 0 Å². The number of nitrogens with two attached hydrogens (primary N) is 1. The zero-order valence-corrected chi connectivity index (χ0v) is 16.6. The van der Waals surface area contributed by atoms with Gasteiger partial charge in [0.2, 0.25) is 0 Å². The summed E-state index contributed by atoms with van der Waals surface area (Å²) in [5, 5.41) is 9.45. The highest BCUT2D eigenvalue weighted by atomic mass is 16.5. The quantitative estimate of drug-likeness (QED) is 0.660. The van der Waals surface area contributed by atoms with Crippen LogP contribution in [0.2, 0.25) is 0 Å². The summed E-state index contributed by atoms with van der Waals surface area (Å²) in [6, 6.07) is 23.5. The smallest absolute Gasteiger partial charge is 0.323 e. The van der Waals surface area contributed by atoms with Gasteiger partial charge in [-0.25, -0.2) is 0 Å². The van der Waals surface area contributed by atoms with E-state index in [1.54, 1.807) is 6.92 Å². The summed E-state index contributed by atoms with van der Waals surface area (Å²) in [7, 11) is 0. The van der Waals surface area contributed by atoms with Gasteiger partial charge in [-0.1, -0.05) is 79.7 Å². The Kier molecular flexibility index (Phi) is 4.99. The summed E-state index contributed by atoms with van der Waals surface area (Å²) < 4.78 is 6.65. The molecular weight excluding hydrogens is 362 g/mol. The minimum atomic E-state index is -1.12. The molecule has 1 aliphatic rings. The van der Waals surface area contributed by atoms with Crippen LogP contribution in [0.4, 0.5) is 0 Å². The predicted molar refractivity (Wildman–Crippen MR) is 114 cm³/mol. The second-order valence-corrected chi connectivity index (χ2v) is 7.51. The lowest BCUT2D eigenvalue weighted by molar-refractivity contribution is -0.144. The highest BCUT2D eigenvalue weighted by Gasteiger charge is 2.47. The fraction of sp³-hybridized carbons (Fsp3) is 0.240. The lowest BCUT2D eigenvalue weighted by Crippen LogP contribution is -2.46. The molecule has 148 valence electrons. The number of carboxylic acids is 1. The topological polar surface area (TPSA) is 72.5 Å². The van der Waals surface area contributed by atoms with Crippen LogP contribution in [-0.2, 0) is 21.6 Å². The van der Waals surface area contributed by atoms with Gasteiger partial charge in [-0.3, -0.25) is 4.79 Å². The van der Waals surface area contributed by atoms with Gasteiger partial charge < -0.3 is 15.6 Å². The molecule has 4 rings (SSSR count). The molecule has 4 heteroatoms. The molecule has 2 atom stereocenters. The maximum Gasteiger partial charge on any atom is 0.323 e. The molecule has 0 saturated carbocycles. The van der Waals surface area contributed by atoms with Crippen LogP contribution < -0.4 is 5.73 Å². The predicted octanol–water partition coefficient (Wildman–Crippen LogP) is 4.34. The standard InChI is InChI=1S/C25H25NO3/c1-3-17-9-8-10-18(15-17)25(29-16(2)23(26)24(27)28)21-13-6-4-11-19(21)20-12-5-7-14-22(20)25/h4-16,23H,3,26H2,1-2H3,(H,27,28)/t16-,23+/m1/s1. The van der Waals surface area contributed by atoms with Crippen LogP contribution >= 0.6 is 0 Å². The van der Waals surface area contributed by atoms with Gasteiger partial charge in [-0.2, -0.15) is 0 Å². The number of hydrogen-bond donors (Lipinski definition) is 2. The number of carbonyl (C=O) groups is 1. The number of fused-ring (bicyclic) bond motifs is 3. The van der Waals surface area contributed by atoms with Crippen LogP contribution in [0.1, 0.15) is 36.1 Å². The Hall–Kier alpha value is -2.95. The van der Waals surface area contributed by atoms with Gasteiger partial charge in [-0.15, -0.1) is 0 Å². The minimum Gasteiger partial charge on any atom is -0.480 e. The minimum absolute atomic E-state index is 0.697. The third-order valence-electron chi connectivity index (χ3n) is 5.80. The summed E-state index contributed by atoms with van der Waals surface area (Å²) in [6.45, 7) is 3.85. The van der Waals surface area contributed by atoms with Gasteiger partial charge >= 0.3 is 5.97 Å². The number of aryl methyl sites for hydroxylation is 1. The monoisotopic (exact) mass is 387 g/mol. The van der Waals surface area contributed by atoms with E-state index in [4.69, 9.17) is 10.5 Å². The van der Waals surface area contributed by atoms with Gasteiger partial charge in [0, 0.05) is 11.1 Å². The zero-order chi connectivity index (χ0) is 20.6. The highest BCUT2D eigenvalue weighted by molar-refractivity contribution is 5.82. The molecule has 0 fully saturated rings. The van der Waals surface area contributed by atoms with E-state index >= 15 is 0 Å². The molecule has 4 nitrogen and oxygen atoms in total. The number of aliphatic carboxylic acids is 1. The number of ether oxygens (including phenoxy) is 1. The Labute approximate surface area is 171 Å². The van der Waals surface area contributed by atoms with Gasteiger partial charge in [-0.05, 0) is 35.6 Å². The van der Waals surface area contributed by atoms with Crippen molar-refractivity contribution in [1.82, 2.24) is 0 Å². The van der Waals surface area contributed by atoms with Crippen molar-refractivity contribution in [1.29, 1.82) is 0 Å². The Morgan fingerprint density at radius 1 is 1.00 bits per heavy atom. The third kappa shape index (κ3) is 3.05. The lowest BCUT2D eigenvalue weighted by Gasteiger charge is -2.36. The van der Waals surface area contributed by atoms with Crippen LogP contribution in [0.5, 0.6) is 0 Å². The van der Waals surface area contributed by atoms with Gasteiger partial charge in [0.25, 0.3) is 0 Å². The Morgan fingerprint density at radius 2 is 1.59 bits per heavy atom. The van der Waals surface area contributed by atoms with E-state index < -0.39 is 23.7 Å². The summed E-state index contributed by atoms with van der Waals surface area (Å²) in [5.41, 5.74) is 11.4. The van der Waals surface area contributed by atoms with Crippen molar-refractivity contribution < 1.29 is 14.6 Å². The first-order chi connectivity index (χ1) is 14.0. The maximum atomic E-state index is 11.5. The van der Waals surface area contributed by atoms with E-state index in [1.807, 2.05) is 30.3 Å². The van der Waals surface area contributed by atoms with Crippen molar-refractivity contribution in [2.75, 3.05) is 0 Å². The van der Waals surface area contributed by atoms with Crippen molar-refractivity contribution in [2.24, 2.45) is 5.73 Å². The second-order valence-electron chi connectivity index (χ2n) is 7.51. The van der Waals surface area contributed by atoms with E-state index in [2.05, 4.69) is 49.4 Å². The summed E-state index contributed by atoms with van der Waals surface area (Å²) >= 11 is 0. The fourth-order valence-electron chi connectivity index (χ4n) is 4.26. The van der Waals surface area contributed by atoms with Crippen LogP contribution in [0.15, 0.2) is 72.8 Å². The van der Waals surface area contributed by atoms with Gasteiger partial charge in [0.1, 0.15) is 11.6 Å². The lowest BCUT2D eigenvalue weighted by atomic mass is 9.82. The molecule has 0 saturated heterocycles. The molecule has 1 aliphatic carbocycles. The van der Waals surface area contributed by atoms with Crippen molar-refractivity contribution in [2.45, 2.75) is 38.0 Å². The first-order valence-electron chi connectivity index (χ1n) is 9.94. The van der Waals surface area contributed by atoms with Crippen LogP contribution in [0.3, 0.4) is 0 Å². The molecule has 0 amide bonds. The molecule has 29 heavy (non-hydrogen) atoms. The first kappa shape index (κ1) is 19.4. The van der Waals surface area contributed by atoms with E-state index in [1.165, 1.54) is 5.56 Å². The highest BCUT2D eigenvalue weighted by Crippen LogP contribution is 2.53. The van der Waals surface area contributed by atoms with Crippen molar-refractivity contribution >= 4 is 5.97 Å². The number of carboxylic acid groups (broad SMARTS) is 1. The summed E-state index contributed by atoms with van der Waals surface area (Å²) in [5.74, 6) is -1.07. The van der Waals surface area contributed by atoms with E-state index in [-0.39, 0.29) is 0 Å². The van der Waals surface area contributed by atoms with Gasteiger partial charge in [0.05, 0.1) is 6.10 Å². The molecule has 0 radical (unpaired) electrons. The number of rotatable bonds is 6. The molecule has 3 aromatic carbocycles. The largest absolute Gasteiger partial charge is 0.480 e. The summed E-state index contributed by atoms with van der Waals surface area (Å²) in [4.78, 5) is 11.5. The number of hydrogen-bond acceptors (Lipinski definition) is 3. The van der Waals surface area contributed by atoms with Gasteiger partial charge in [0.15, 0.2) is 0 Å². The molecular formula is C25H25NO3. The SMILES string of the molecule is CCc1cccc(C2(O[C@H](C)[C@H](N)C(=O)O)c3ccccc3-c3ccccc32)c1. The van der Waals surface area contributed by atoms with Crippen molar-refractivity contribution in [3.8, 4) is 11.1 Å². The molecule has 3 N–H and O–H groups in total. The zero-order valence-electron chi connectivity index (χ0n) is 16.6. The molecule has 0 aliphatic heterocycles. The normalized spacial score (nSPS) is 16.0. The second kappa shape index (κ2) is 7.47. The Balaban J connectivity index is 2.00. The number of benzene rings is 3. The summed E-state index contributed by atoms with van der Waals surface area (Å²) in [6.07, 6.45) is 0.203. The Morgan fingerprint density at radius 3 is 2.14 bits per heavy atom. The van der Waals surface area contributed by atoms with Crippen LogP contribution in [-0.4, -0.2) is 23.2 Å². The fourth-order valence-corrected chi connectivity index (χ4v) is 4.26. The van der Waals surface area contributed by atoms with E-state index in [0.717, 1.165) is 34.2 Å². The molecule has 0 heterocycles. The van der Waals surface area contributed by atoms with E-state index in [0.29, 0.717) is 0 Å². The maximum absolute atomic E-state index is 11.5. The molecule has 0 unspecified atom stereocenters. The average Bonchev–Trinajstić information content (AvgIpc) is 3.04. The van der Waals surface area contributed by atoms with Crippen molar-refractivity contribution in [3.05, 3.63) is 95.1 Å². The molecule has 3 aromatic rings. The third-order valence-corrected chi connectivity index (χ3v) is 5.80. The molecule has 0 spiro atoms.